The fourth-order valence-electron chi connectivity index (χ4n) is 1.69. The van der Waals surface area contributed by atoms with Gasteiger partial charge in [-0.1, -0.05) is 32.0 Å². The Morgan fingerprint density at radius 3 is 2.82 bits per heavy atom. The molecule has 2 N–H and O–H groups in total. The fourth-order valence-corrected chi connectivity index (χ4v) is 2.42. The first-order valence-corrected chi connectivity index (χ1v) is 6.60. The topological polar surface area (TPSA) is 88.0 Å². The Bertz CT molecular complexity index is 427. The second kappa shape index (κ2) is 6.48. The van der Waals surface area contributed by atoms with E-state index in [1.165, 1.54) is 0 Å². The Kier molecular flexibility index (Phi) is 5.27. The Morgan fingerprint density at radius 1 is 1.59 bits per heavy atom. The number of thioether (sulfide) groups is 1. The maximum Gasteiger partial charge on any atom is 0.344 e. The summed E-state index contributed by atoms with van der Waals surface area (Å²) in [6.07, 6.45) is 2.68. The van der Waals surface area contributed by atoms with Crippen LogP contribution in [-0.2, 0) is 4.79 Å². The lowest BCUT2D eigenvalue weighted by atomic mass is 10.1. The van der Waals surface area contributed by atoms with Crippen LogP contribution < -0.4 is 5.69 Å². The van der Waals surface area contributed by atoms with Crippen molar-refractivity contribution in [2.45, 2.75) is 44.3 Å². The minimum Gasteiger partial charge on any atom is -0.481 e. The number of carboxylic acids is 1. The van der Waals surface area contributed by atoms with E-state index < -0.39 is 5.97 Å². The molecule has 0 saturated carbocycles. The van der Waals surface area contributed by atoms with Crippen LogP contribution >= 0.6 is 11.8 Å². The highest BCUT2D eigenvalue weighted by molar-refractivity contribution is 7.99. The summed E-state index contributed by atoms with van der Waals surface area (Å²) < 4.78 is 1.57. The summed E-state index contributed by atoms with van der Waals surface area (Å²) in [6, 6.07) is 0.0857. The molecule has 0 amide bonds. The molecule has 1 rings (SSSR count). The predicted molar refractivity (Wildman–Crippen MR) is 65.4 cm³/mol. The summed E-state index contributed by atoms with van der Waals surface area (Å²) in [6.45, 7) is 4.06. The zero-order chi connectivity index (χ0) is 12.8. The molecule has 1 atom stereocenters. The third-order valence-electron chi connectivity index (χ3n) is 2.46. The van der Waals surface area contributed by atoms with Gasteiger partial charge >= 0.3 is 11.7 Å². The van der Waals surface area contributed by atoms with Crippen molar-refractivity contribution >= 4 is 17.7 Å². The number of nitrogens with one attached hydrogen (secondary N) is 1. The van der Waals surface area contributed by atoms with Gasteiger partial charge in [-0.25, -0.2) is 9.89 Å². The van der Waals surface area contributed by atoms with Gasteiger partial charge < -0.3 is 5.11 Å². The van der Waals surface area contributed by atoms with Crippen molar-refractivity contribution in [2.75, 3.05) is 5.75 Å². The Labute approximate surface area is 103 Å². The highest BCUT2D eigenvalue weighted by Crippen LogP contribution is 2.22. The van der Waals surface area contributed by atoms with Crippen molar-refractivity contribution < 1.29 is 9.90 Å². The first kappa shape index (κ1) is 13.8. The molecular formula is C10H17N3O3S. The van der Waals surface area contributed by atoms with Crippen molar-refractivity contribution in [3.05, 3.63) is 10.5 Å². The summed E-state index contributed by atoms with van der Waals surface area (Å²) >= 11 is 1.07. The van der Waals surface area contributed by atoms with Gasteiger partial charge in [0.25, 0.3) is 0 Å². The van der Waals surface area contributed by atoms with Crippen LogP contribution in [0.5, 0.6) is 0 Å². The SMILES string of the molecule is CCCC(CC)n1c(SCC(=O)O)n[nH]c1=O. The molecule has 17 heavy (non-hydrogen) atoms. The number of rotatable bonds is 7. The van der Waals surface area contributed by atoms with Crippen molar-refractivity contribution in [1.82, 2.24) is 14.8 Å². The van der Waals surface area contributed by atoms with E-state index in [2.05, 4.69) is 17.1 Å². The summed E-state index contributed by atoms with van der Waals surface area (Å²) in [5.41, 5.74) is -0.266. The van der Waals surface area contributed by atoms with Crippen LogP contribution in [0.3, 0.4) is 0 Å². The van der Waals surface area contributed by atoms with Crippen molar-refractivity contribution in [1.29, 1.82) is 0 Å². The number of hydrogen-bond acceptors (Lipinski definition) is 4. The van der Waals surface area contributed by atoms with Crippen LogP contribution in [-0.4, -0.2) is 31.6 Å². The summed E-state index contributed by atoms with van der Waals surface area (Å²) in [4.78, 5) is 22.2. The molecule has 6 nitrogen and oxygen atoms in total. The van der Waals surface area contributed by atoms with Gasteiger partial charge in [-0.3, -0.25) is 9.36 Å². The summed E-state index contributed by atoms with van der Waals surface area (Å²) in [7, 11) is 0. The second-order valence-corrected chi connectivity index (χ2v) is 4.66. The van der Waals surface area contributed by atoms with E-state index in [4.69, 9.17) is 5.11 Å². The van der Waals surface area contributed by atoms with E-state index in [-0.39, 0.29) is 17.5 Å². The molecule has 1 aromatic heterocycles. The highest BCUT2D eigenvalue weighted by atomic mass is 32.2. The standard InChI is InChI=1S/C10H17N3O3S/c1-3-5-7(4-2)13-9(16)11-12-10(13)17-6-8(14)15/h7H,3-6H2,1-2H3,(H,11,16)(H,14,15). The van der Waals surface area contributed by atoms with E-state index in [9.17, 15) is 9.59 Å². The van der Waals surface area contributed by atoms with Crippen LogP contribution in [0.15, 0.2) is 9.95 Å². The average Bonchev–Trinajstić information content (AvgIpc) is 2.65. The molecule has 0 aliphatic rings. The molecule has 0 aliphatic heterocycles. The third kappa shape index (κ3) is 3.62. The number of H-pyrrole nitrogens is 1. The minimum atomic E-state index is -0.916. The molecule has 7 heteroatoms. The predicted octanol–water partition coefficient (Wildman–Crippen LogP) is 1.50. The molecule has 96 valence electrons. The van der Waals surface area contributed by atoms with Crippen LogP contribution in [0.25, 0.3) is 0 Å². The average molecular weight is 259 g/mol. The molecule has 0 saturated heterocycles. The molecule has 0 spiro atoms. The lowest BCUT2D eigenvalue weighted by Gasteiger charge is -2.15. The van der Waals surface area contributed by atoms with Crippen molar-refractivity contribution in [3.63, 3.8) is 0 Å². The van der Waals surface area contributed by atoms with Gasteiger partial charge in [-0.15, -0.1) is 5.10 Å². The number of carboxylic acid groups (broad SMARTS) is 1. The molecule has 1 aromatic rings. The number of nitrogens with zero attached hydrogens (tertiary/aromatic N) is 2. The molecule has 0 aromatic carbocycles. The fraction of sp³-hybridized carbons (Fsp3) is 0.700. The Balaban J connectivity index is 2.91. The molecule has 0 bridgehead atoms. The molecule has 0 aliphatic carbocycles. The Hall–Kier alpha value is -1.24. The minimum absolute atomic E-state index is 0.0857. The highest BCUT2D eigenvalue weighted by Gasteiger charge is 2.17. The first-order valence-electron chi connectivity index (χ1n) is 5.61. The van der Waals surface area contributed by atoms with E-state index in [1.807, 2.05) is 6.92 Å². The summed E-state index contributed by atoms with van der Waals surface area (Å²) in [5.74, 6) is -1.01. The van der Waals surface area contributed by atoms with E-state index in [0.29, 0.717) is 5.16 Å². The van der Waals surface area contributed by atoms with Gasteiger partial charge in [0.1, 0.15) is 0 Å². The zero-order valence-electron chi connectivity index (χ0n) is 9.97. The number of aromatic nitrogens is 3. The normalized spacial score (nSPS) is 12.6. The molecule has 1 unspecified atom stereocenters. The Morgan fingerprint density at radius 2 is 2.29 bits per heavy atom. The van der Waals surface area contributed by atoms with Gasteiger partial charge in [0.05, 0.1) is 5.75 Å². The molecular weight excluding hydrogens is 242 g/mol. The van der Waals surface area contributed by atoms with Crippen molar-refractivity contribution in [2.24, 2.45) is 0 Å². The van der Waals surface area contributed by atoms with Crippen LogP contribution in [0.4, 0.5) is 0 Å². The zero-order valence-corrected chi connectivity index (χ0v) is 10.8. The van der Waals surface area contributed by atoms with Gasteiger partial charge in [0.15, 0.2) is 5.16 Å². The smallest absolute Gasteiger partial charge is 0.344 e. The number of carbonyl (C=O) groups is 1. The monoisotopic (exact) mass is 259 g/mol. The second-order valence-electron chi connectivity index (χ2n) is 3.71. The van der Waals surface area contributed by atoms with Crippen LogP contribution in [0, 0.1) is 0 Å². The molecule has 0 radical (unpaired) electrons. The third-order valence-corrected chi connectivity index (χ3v) is 3.39. The van der Waals surface area contributed by atoms with E-state index in [1.54, 1.807) is 4.57 Å². The molecule has 0 fully saturated rings. The number of aliphatic carboxylic acids is 1. The van der Waals surface area contributed by atoms with Crippen molar-refractivity contribution in [3.8, 4) is 0 Å². The molecule has 1 heterocycles. The lowest BCUT2D eigenvalue weighted by Crippen LogP contribution is -2.23. The largest absolute Gasteiger partial charge is 0.481 e. The van der Waals surface area contributed by atoms with Gasteiger partial charge in [0.2, 0.25) is 0 Å². The maximum atomic E-state index is 11.6. The van der Waals surface area contributed by atoms with E-state index in [0.717, 1.165) is 31.0 Å². The maximum absolute atomic E-state index is 11.6. The van der Waals surface area contributed by atoms with E-state index >= 15 is 0 Å². The number of hydrogen-bond donors (Lipinski definition) is 2. The first-order chi connectivity index (χ1) is 8.10. The quantitative estimate of drug-likeness (QED) is 0.724. The van der Waals surface area contributed by atoms with Crippen LogP contribution in [0.2, 0.25) is 0 Å². The summed E-state index contributed by atoms with van der Waals surface area (Å²) in [5, 5.41) is 15.3. The van der Waals surface area contributed by atoms with Gasteiger partial charge in [-0.2, -0.15) is 0 Å². The lowest BCUT2D eigenvalue weighted by molar-refractivity contribution is -0.133. The van der Waals surface area contributed by atoms with Gasteiger partial charge in [0, 0.05) is 6.04 Å². The van der Waals surface area contributed by atoms with Gasteiger partial charge in [-0.05, 0) is 12.8 Å². The van der Waals surface area contributed by atoms with Crippen LogP contribution in [0.1, 0.15) is 39.2 Å². The number of aromatic amines is 1.